The molecule has 0 unspecified atom stereocenters. The normalized spacial score (nSPS) is 19.6. The minimum atomic E-state index is -2.84. The SMILES string of the molecule is O=S1(=O)CCN(c2nc3ccccc3[nH]2)CC1. The number of H-pyrrole nitrogens is 1. The lowest BCUT2D eigenvalue weighted by atomic mass is 10.3. The fraction of sp³-hybridized carbons (Fsp3) is 0.364. The molecule has 2 heterocycles. The maximum absolute atomic E-state index is 11.3. The lowest BCUT2D eigenvalue weighted by molar-refractivity contribution is 0.586. The lowest BCUT2D eigenvalue weighted by Gasteiger charge is -2.25. The van der Waals surface area contributed by atoms with Gasteiger partial charge in [-0.2, -0.15) is 0 Å². The number of hydrogen-bond acceptors (Lipinski definition) is 4. The summed E-state index contributed by atoms with van der Waals surface area (Å²) >= 11 is 0. The first-order valence-corrected chi connectivity index (χ1v) is 7.36. The largest absolute Gasteiger partial charge is 0.340 e. The van der Waals surface area contributed by atoms with Gasteiger partial charge in [-0.05, 0) is 12.1 Å². The number of nitrogens with one attached hydrogen (secondary N) is 1. The van der Waals surface area contributed by atoms with Gasteiger partial charge in [0.05, 0.1) is 22.5 Å². The van der Waals surface area contributed by atoms with Gasteiger partial charge in [-0.25, -0.2) is 13.4 Å². The van der Waals surface area contributed by atoms with Gasteiger partial charge in [0.2, 0.25) is 5.95 Å². The van der Waals surface area contributed by atoms with E-state index >= 15 is 0 Å². The molecule has 6 heteroatoms. The van der Waals surface area contributed by atoms with Gasteiger partial charge in [0, 0.05) is 13.1 Å². The van der Waals surface area contributed by atoms with Crippen LogP contribution >= 0.6 is 0 Å². The molecule has 0 spiro atoms. The molecule has 1 aliphatic rings. The third kappa shape index (κ3) is 2.00. The minimum Gasteiger partial charge on any atom is -0.340 e. The number of nitrogens with zero attached hydrogens (tertiary/aromatic N) is 2. The van der Waals surface area contributed by atoms with Gasteiger partial charge in [-0.15, -0.1) is 0 Å². The highest BCUT2D eigenvalue weighted by atomic mass is 32.2. The van der Waals surface area contributed by atoms with Crippen LogP contribution in [0.4, 0.5) is 5.95 Å². The number of sulfone groups is 1. The second kappa shape index (κ2) is 3.73. The fourth-order valence-electron chi connectivity index (χ4n) is 2.01. The average molecular weight is 251 g/mol. The Morgan fingerprint density at radius 3 is 2.59 bits per heavy atom. The summed E-state index contributed by atoms with van der Waals surface area (Å²) in [5, 5.41) is 0. The number of para-hydroxylation sites is 2. The van der Waals surface area contributed by atoms with Crippen molar-refractivity contribution in [1.82, 2.24) is 9.97 Å². The predicted octanol–water partition coefficient (Wildman–Crippen LogP) is 0.798. The number of hydrogen-bond donors (Lipinski definition) is 1. The minimum absolute atomic E-state index is 0.212. The summed E-state index contributed by atoms with van der Waals surface area (Å²) in [7, 11) is -2.84. The maximum atomic E-state index is 11.3. The zero-order valence-corrected chi connectivity index (χ0v) is 10.1. The first-order valence-electron chi connectivity index (χ1n) is 5.54. The molecule has 3 rings (SSSR count). The van der Waals surface area contributed by atoms with Gasteiger partial charge in [0.25, 0.3) is 0 Å². The zero-order valence-electron chi connectivity index (χ0n) is 9.26. The van der Waals surface area contributed by atoms with Crippen LogP contribution in [-0.2, 0) is 9.84 Å². The molecule has 1 saturated heterocycles. The van der Waals surface area contributed by atoms with Crippen LogP contribution in [0, 0.1) is 0 Å². The molecule has 1 fully saturated rings. The second-order valence-corrected chi connectivity index (χ2v) is 6.52. The summed E-state index contributed by atoms with van der Waals surface area (Å²) in [6.45, 7) is 1.03. The number of aromatic amines is 1. The van der Waals surface area contributed by atoms with E-state index in [2.05, 4.69) is 9.97 Å². The van der Waals surface area contributed by atoms with E-state index in [9.17, 15) is 8.42 Å². The topological polar surface area (TPSA) is 66.1 Å². The van der Waals surface area contributed by atoms with Crippen LogP contribution in [0.25, 0.3) is 11.0 Å². The molecule has 2 aromatic rings. The van der Waals surface area contributed by atoms with Gasteiger partial charge >= 0.3 is 0 Å². The maximum Gasteiger partial charge on any atom is 0.203 e. The molecular formula is C11H13N3O2S. The van der Waals surface area contributed by atoms with Gasteiger partial charge < -0.3 is 9.88 Å². The van der Waals surface area contributed by atoms with Gasteiger partial charge in [0.15, 0.2) is 9.84 Å². The Morgan fingerprint density at radius 1 is 1.18 bits per heavy atom. The van der Waals surface area contributed by atoms with Crippen molar-refractivity contribution in [2.45, 2.75) is 0 Å². The van der Waals surface area contributed by atoms with Gasteiger partial charge in [-0.3, -0.25) is 0 Å². The molecule has 0 atom stereocenters. The van der Waals surface area contributed by atoms with Crippen LogP contribution in [0.15, 0.2) is 24.3 Å². The highest BCUT2D eigenvalue weighted by molar-refractivity contribution is 7.91. The molecule has 0 saturated carbocycles. The van der Waals surface area contributed by atoms with Crippen molar-refractivity contribution < 1.29 is 8.42 Å². The second-order valence-electron chi connectivity index (χ2n) is 4.22. The van der Waals surface area contributed by atoms with Crippen molar-refractivity contribution in [3.63, 3.8) is 0 Å². The van der Waals surface area contributed by atoms with Crippen molar-refractivity contribution in [2.24, 2.45) is 0 Å². The van der Waals surface area contributed by atoms with Gasteiger partial charge in [-0.1, -0.05) is 12.1 Å². The molecule has 17 heavy (non-hydrogen) atoms. The lowest BCUT2D eigenvalue weighted by Crippen LogP contribution is -2.40. The number of aromatic nitrogens is 2. The zero-order chi connectivity index (χ0) is 11.9. The molecule has 0 bridgehead atoms. The van der Waals surface area contributed by atoms with Crippen LogP contribution in [0.1, 0.15) is 0 Å². The summed E-state index contributed by atoms with van der Waals surface area (Å²) < 4.78 is 22.7. The number of benzene rings is 1. The van der Waals surface area contributed by atoms with E-state index in [1.165, 1.54) is 0 Å². The average Bonchev–Trinajstić information content (AvgIpc) is 2.72. The van der Waals surface area contributed by atoms with Crippen LogP contribution in [0.3, 0.4) is 0 Å². The number of imidazole rings is 1. The first-order chi connectivity index (χ1) is 8.14. The molecule has 0 radical (unpaired) electrons. The highest BCUT2D eigenvalue weighted by Gasteiger charge is 2.23. The molecule has 1 aromatic heterocycles. The Kier molecular flexibility index (Phi) is 2.32. The number of rotatable bonds is 1. The smallest absolute Gasteiger partial charge is 0.203 e. The van der Waals surface area contributed by atoms with Crippen molar-refractivity contribution >= 4 is 26.8 Å². The van der Waals surface area contributed by atoms with Crippen molar-refractivity contribution in [1.29, 1.82) is 0 Å². The van der Waals surface area contributed by atoms with Crippen LogP contribution in [0.5, 0.6) is 0 Å². The number of fused-ring (bicyclic) bond motifs is 1. The Bertz CT molecular complexity index is 601. The monoisotopic (exact) mass is 251 g/mol. The third-order valence-electron chi connectivity index (χ3n) is 3.02. The molecule has 0 amide bonds. The summed E-state index contributed by atoms with van der Waals surface area (Å²) in [6.07, 6.45) is 0. The molecule has 0 aliphatic carbocycles. The summed E-state index contributed by atoms with van der Waals surface area (Å²) in [6, 6.07) is 7.79. The van der Waals surface area contributed by atoms with E-state index in [-0.39, 0.29) is 11.5 Å². The number of anilines is 1. The van der Waals surface area contributed by atoms with Crippen LogP contribution in [-0.4, -0.2) is 43.0 Å². The van der Waals surface area contributed by atoms with E-state index in [1.807, 2.05) is 29.2 Å². The van der Waals surface area contributed by atoms with Gasteiger partial charge in [0.1, 0.15) is 0 Å². The Morgan fingerprint density at radius 2 is 1.88 bits per heavy atom. The third-order valence-corrected chi connectivity index (χ3v) is 4.63. The van der Waals surface area contributed by atoms with E-state index in [0.717, 1.165) is 17.0 Å². The van der Waals surface area contributed by atoms with E-state index in [1.54, 1.807) is 0 Å². The molecule has 1 aliphatic heterocycles. The molecule has 90 valence electrons. The Balaban J connectivity index is 1.90. The Hall–Kier alpha value is -1.56. The standard InChI is InChI=1S/C11H13N3O2S/c15-17(16)7-5-14(6-8-17)11-12-9-3-1-2-4-10(9)13-11/h1-4H,5-8H2,(H,12,13). The first kappa shape index (κ1) is 10.6. The predicted molar refractivity (Wildman–Crippen MR) is 67.0 cm³/mol. The molecular weight excluding hydrogens is 238 g/mol. The van der Waals surface area contributed by atoms with Crippen molar-refractivity contribution in [2.75, 3.05) is 29.5 Å². The molecule has 1 N–H and O–H groups in total. The Labute approximate surface area is 99.4 Å². The molecule has 1 aromatic carbocycles. The van der Waals surface area contributed by atoms with Crippen molar-refractivity contribution in [3.05, 3.63) is 24.3 Å². The quantitative estimate of drug-likeness (QED) is 0.814. The highest BCUT2D eigenvalue weighted by Crippen LogP contribution is 2.18. The van der Waals surface area contributed by atoms with E-state index in [0.29, 0.717) is 13.1 Å². The summed E-state index contributed by atoms with van der Waals surface area (Å²) in [4.78, 5) is 9.66. The summed E-state index contributed by atoms with van der Waals surface area (Å²) in [5.74, 6) is 1.19. The van der Waals surface area contributed by atoms with Crippen molar-refractivity contribution in [3.8, 4) is 0 Å². The van der Waals surface area contributed by atoms with E-state index < -0.39 is 9.84 Å². The van der Waals surface area contributed by atoms with Crippen LogP contribution < -0.4 is 4.90 Å². The van der Waals surface area contributed by atoms with Crippen LogP contribution in [0.2, 0.25) is 0 Å². The van der Waals surface area contributed by atoms with E-state index in [4.69, 9.17) is 0 Å². The fourth-order valence-corrected chi connectivity index (χ4v) is 3.21. The molecule has 5 nitrogen and oxygen atoms in total. The summed E-state index contributed by atoms with van der Waals surface area (Å²) in [5.41, 5.74) is 1.90.